The van der Waals surface area contributed by atoms with Crippen LogP contribution in [0, 0.1) is 0 Å². The zero-order valence-electron chi connectivity index (χ0n) is 12.0. The Hall–Kier alpha value is -1.39. The maximum Gasteiger partial charge on any atom is 0.330 e. The first-order valence-electron chi connectivity index (χ1n) is 7.41. The molecule has 0 amide bonds. The Kier molecular flexibility index (Phi) is 3.76. The first-order valence-corrected chi connectivity index (χ1v) is 7.41. The van der Waals surface area contributed by atoms with Gasteiger partial charge in [0.05, 0.1) is 7.11 Å². The van der Waals surface area contributed by atoms with E-state index in [1.54, 1.807) is 0 Å². The number of hydrogen-bond acceptors (Lipinski definition) is 4. The standard InChI is InChI=1S/C16H22N2O2/c1-20-15(19)16(18-11-9-17-10-12-18)8-4-6-13-5-2-3-7-14(13)16/h2-3,5,7,17H,4,6,8-12H2,1H3. The lowest BCUT2D eigenvalue weighted by Crippen LogP contribution is -2.59. The van der Waals surface area contributed by atoms with Crippen LogP contribution in [0.25, 0.3) is 0 Å². The minimum atomic E-state index is -0.578. The molecule has 0 saturated carbocycles. The van der Waals surface area contributed by atoms with Gasteiger partial charge < -0.3 is 10.1 Å². The summed E-state index contributed by atoms with van der Waals surface area (Å²) in [4.78, 5) is 15.0. The van der Waals surface area contributed by atoms with Crippen molar-refractivity contribution in [1.82, 2.24) is 10.2 Å². The van der Waals surface area contributed by atoms with Crippen molar-refractivity contribution in [3.8, 4) is 0 Å². The van der Waals surface area contributed by atoms with Gasteiger partial charge in [0.2, 0.25) is 0 Å². The molecule has 1 aromatic rings. The topological polar surface area (TPSA) is 41.6 Å². The molecule has 1 N–H and O–H groups in total. The first-order chi connectivity index (χ1) is 9.79. The number of nitrogens with zero attached hydrogens (tertiary/aromatic N) is 1. The van der Waals surface area contributed by atoms with E-state index in [0.717, 1.165) is 51.0 Å². The Labute approximate surface area is 120 Å². The van der Waals surface area contributed by atoms with Gasteiger partial charge in [-0.3, -0.25) is 4.90 Å². The van der Waals surface area contributed by atoms with Crippen LogP contribution < -0.4 is 5.32 Å². The summed E-state index contributed by atoms with van der Waals surface area (Å²) in [5.74, 6) is -0.105. The van der Waals surface area contributed by atoms with Gasteiger partial charge in [0.1, 0.15) is 5.54 Å². The molecule has 0 radical (unpaired) electrons. The molecule has 1 heterocycles. The summed E-state index contributed by atoms with van der Waals surface area (Å²) >= 11 is 0. The number of fused-ring (bicyclic) bond motifs is 1. The zero-order valence-corrected chi connectivity index (χ0v) is 12.0. The van der Waals surface area contributed by atoms with Crippen LogP contribution in [-0.2, 0) is 21.5 Å². The van der Waals surface area contributed by atoms with Gasteiger partial charge >= 0.3 is 5.97 Å². The van der Waals surface area contributed by atoms with Gasteiger partial charge in [0.25, 0.3) is 0 Å². The number of nitrogens with one attached hydrogen (secondary N) is 1. The van der Waals surface area contributed by atoms with E-state index in [0.29, 0.717) is 0 Å². The molecule has 3 rings (SSSR count). The quantitative estimate of drug-likeness (QED) is 0.825. The fourth-order valence-corrected chi connectivity index (χ4v) is 3.70. The highest BCUT2D eigenvalue weighted by Gasteiger charge is 2.49. The molecular weight excluding hydrogens is 252 g/mol. The molecule has 1 aliphatic carbocycles. The van der Waals surface area contributed by atoms with Crippen molar-refractivity contribution < 1.29 is 9.53 Å². The third-order valence-corrected chi connectivity index (χ3v) is 4.63. The van der Waals surface area contributed by atoms with Gasteiger partial charge in [-0.2, -0.15) is 0 Å². The summed E-state index contributed by atoms with van der Waals surface area (Å²) in [6.07, 6.45) is 2.95. The summed E-state index contributed by atoms with van der Waals surface area (Å²) in [5, 5.41) is 3.36. The van der Waals surface area contributed by atoms with Gasteiger partial charge in [0.15, 0.2) is 0 Å². The van der Waals surface area contributed by atoms with Crippen molar-refractivity contribution in [1.29, 1.82) is 0 Å². The zero-order chi connectivity index (χ0) is 14.0. The molecule has 1 unspecified atom stereocenters. The van der Waals surface area contributed by atoms with Crippen LogP contribution in [0.5, 0.6) is 0 Å². The van der Waals surface area contributed by atoms with Crippen LogP contribution >= 0.6 is 0 Å². The third kappa shape index (κ3) is 2.03. The van der Waals surface area contributed by atoms with Crippen LogP contribution in [0.3, 0.4) is 0 Å². The Morgan fingerprint density at radius 3 is 2.80 bits per heavy atom. The summed E-state index contributed by atoms with van der Waals surface area (Å²) in [6.45, 7) is 3.65. The highest BCUT2D eigenvalue weighted by molar-refractivity contribution is 5.83. The molecule has 2 aliphatic rings. The van der Waals surface area contributed by atoms with Gasteiger partial charge in [-0.25, -0.2) is 4.79 Å². The Morgan fingerprint density at radius 1 is 1.30 bits per heavy atom. The second-order valence-corrected chi connectivity index (χ2v) is 5.60. The maximum atomic E-state index is 12.7. The number of ether oxygens (including phenoxy) is 1. The number of esters is 1. The fourth-order valence-electron chi connectivity index (χ4n) is 3.70. The van der Waals surface area contributed by atoms with Crippen LogP contribution in [0.2, 0.25) is 0 Å². The largest absolute Gasteiger partial charge is 0.467 e. The van der Waals surface area contributed by atoms with Gasteiger partial charge in [-0.15, -0.1) is 0 Å². The monoisotopic (exact) mass is 274 g/mol. The van der Waals surface area contributed by atoms with Crippen molar-refractivity contribution in [3.05, 3.63) is 35.4 Å². The minimum Gasteiger partial charge on any atom is -0.467 e. The Bertz CT molecular complexity index is 497. The van der Waals surface area contributed by atoms with Gasteiger partial charge in [-0.05, 0) is 30.4 Å². The molecule has 4 heteroatoms. The van der Waals surface area contributed by atoms with E-state index in [4.69, 9.17) is 4.74 Å². The number of rotatable bonds is 2. The van der Waals surface area contributed by atoms with Gasteiger partial charge in [-0.1, -0.05) is 24.3 Å². The molecule has 1 atom stereocenters. The second kappa shape index (κ2) is 5.54. The second-order valence-electron chi connectivity index (χ2n) is 5.60. The number of carbonyl (C=O) groups excluding carboxylic acids is 1. The molecule has 0 bridgehead atoms. The van der Waals surface area contributed by atoms with E-state index in [2.05, 4.69) is 28.4 Å². The van der Waals surface area contributed by atoms with Crippen molar-refractivity contribution in [2.75, 3.05) is 33.3 Å². The summed E-state index contributed by atoms with van der Waals surface area (Å²) < 4.78 is 5.20. The van der Waals surface area contributed by atoms with Crippen LogP contribution in [0.15, 0.2) is 24.3 Å². The normalized spacial score (nSPS) is 26.9. The first kappa shape index (κ1) is 13.6. The highest BCUT2D eigenvalue weighted by Crippen LogP contribution is 2.41. The molecule has 108 valence electrons. The molecule has 1 fully saturated rings. The number of carbonyl (C=O) groups is 1. The fraction of sp³-hybridized carbons (Fsp3) is 0.562. The molecule has 1 aliphatic heterocycles. The smallest absolute Gasteiger partial charge is 0.330 e. The summed E-state index contributed by atoms with van der Waals surface area (Å²) in [6, 6.07) is 8.34. The molecule has 0 aromatic heterocycles. The SMILES string of the molecule is COC(=O)C1(N2CCNCC2)CCCc2ccccc21. The molecule has 1 aromatic carbocycles. The van der Waals surface area contributed by atoms with Crippen molar-refractivity contribution in [2.45, 2.75) is 24.8 Å². The maximum absolute atomic E-state index is 12.7. The minimum absolute atomic E-state index is 0.105. The number of methoxy groups -OCH3 is 1. The van der Waals surface area contributed by atoms with Crippen molar-refractivity contribution in [3.63, 3.8) is 0 Å². The molecule has 0 spiro atoms. The van der Waals surface area contributed by atoms with Gasteiger partial charge in [0, 0.05) is 26.2 Å². The van der Waals surface area contributed by atoms with E-state index in [1.807, 2.05) is 6.07 Å². The van der Waals surface area contributed by atoms with E-state index >= 15 is 0 Å². The van der Waals surface area contributed by atoms with Crippen molar-refractivity contribution in [2.24, 2.45) is 0 Å². The number of benzene rings is 1. The van der Waals surface area contributed by atoms with E-state index in [1.165, 1.54) is 12.7 Å². The molecule has 4 nitrogen and oxygen atoms in total. The van der Waals surface area contributed by atoms with E-state index in [9.17, 15) is 4.79 Å². The highest BCUT2D eigenvalue weighted by atomic mass is 16.5. The molecular formula is C16H22N2O2. The van der Waals surface area contributed by atoms with Crippen molar-refractivity contribution >= 4 is 5.97 Å². The van der Waals surface area contributed by atoms with E-state index < -0.39 is 5.54 Å². The number of piperazine rings is 1. The lowest BCUT2D eigenvalue weighted by Gasteiger charge is -2.46. The van der Waals surface area contributed by atoms with E-state index in [-0.39, 0.29) is 5.97 Å². The van der Waals surface area contributed by atoms with Crippen LogP contribution in [0.4, 0.5) is 0 Å². The summed E-state index contributed by atoms with van der Waals surface area (Å²) in [7, 11) is 1.50. The summed E-state index contributed by atoms with van der Waals surface area (Å²) in [5.41, 5.74) is 1.87. The van der Waals surface area contributed by atoms with Crippen LogP contribution in [-0.4, -0.2) is 44.2 Å². The predicted octanol–water partition coefficient (Wildman–Crippen LogP) is 1.30. The number of aryl methyl sites for hydroxylation is 1. The predicted molar refractivity (Wildman–Crippen MR) is 77.5 cm³/mol. The van der Waals surface area contributed by atoms with Crippen LogP contribution in [0.1, 0.15) is 24.0 Å². The molecule has 20 heavy (non-hydrogen) atoms. The Balaban J connectivity index is 2.09. The average molecular weight is 274 g/mol. The molecule has 1 saturated heterocycles. The Morgan fingerprint density at radius 2 is 2.05 bits per heavy atom. The average Bonchev–Trinajstić information content (AvgIpc) is 2.54. The number of hydrogen-bond donors (Lipinski definition) is 1. The lowest BCUT2D eigenvalue weighted by atomic mass is 9.75. The lowest BCUT2D eigenvalue weighted by molar-refractivity contribution is -0.158. The third-order valence-electron chi connectivity index (χ3n) is 4.63.